The van der Waals surface area contributed by atoms with Crippen LogP contribution in [0, 0.1) is 5.82 Å². The number of ether oxygens (including phenoxy) is 2. The minimum Gasteiger partial charge on any atom is -0.489 e. The van der Waals surface area contributed by atoms with Crippen LogP contribution in [0.5, 0.6) is 11.6 Å². The molecule has 0 radical (unpaired) electrons. The van der Waals surface area contributed by atoms with E-state index in [0.29, 0.717) is 35.0 Å². The number of nitrogens with zero attached hydrogens (tertiary/aromatic N) is 5. The summed E-state index contributed by atoms with van der Waals surface area (Å²) in [6.45, 7) is 4.07. The predicted molar refractivity (Wildman–Crippen MR) is 127 cm³/mol. The van der Waals surface area contributed by atoms with E-state index >= 15 is 0 Å². The molecular weight excluding hydrogens is 459 g/mol. The Morgan fingerprint density at radius 2 is 2.12 bits per heavy atom. The van der Waals surface area contributed by atoms with Crippen molar-refractivity contribution in [2.45, 2.75) is 62.1 Å². The molecule has 2 saturated heterocycles. The van der Waals surface area contributed by atoms with Crippen LogP contribution in [0.4, 0.5) is 21.9 Å². The maximum absolute atomic E-state index is 14.5. The van der Waals surface area contributed by atoms with Crippen LogP contribution >= 0.6 is 11.8 Å². The zero-order valence-corrected chi connectivity index (χ0v) is 20.3. The zero-order chi connectivity index (χ0) is 23.8. The standard InChI is InChI=1S/C23H27FN6O3S/c1-12(2)20-28-23(33-29-20)30-13-5-8-17(30)18(9-13)32-22-19(31-3)21(25-11-26-22)27-16-7-6-14(34-4)10-15(16)24/h6-7,10-13,17-18H,5,8-9H2,1-4H3,(H,25,26,27)/t13?,17?,18-/m0/s1. The molecule has 11 heteroatoms. The second-order valence-corrected chi connectivity index (χ2v) is 9.60. The molecule has 2 fully saturated rings. The normalized spacial score (nSPS) is 21.4. The van der Waals surface area contributed by atoms with Gasteiger partial charge in [-0.2, -0.15) is 9.97 Å². The molecule has 0 amide bonds. The molecule has 0 saturated carbocycles. The second kappa shape index (κ2) is 9.28. The van der Waals surface area contributed by atoms with Crippen LogP contribution in [0.2, 0.25) is 0 Å². The summed E-state index contributed by atoms with van der Waals surface area (Å²) in [6, 6.07) is 5.90. The van der Waals surface area contributed by atoms with E-state index in [1.54, 1.807) is 6.07 Å². The van der Waals surface area contributed by atoms with Crippen LogP contribution in [0.1, 0.15) is 44.9 Å². The van der Waals surface area contributed by atoms with Crippen molar-refractivity contribution in [3.05, 3.63) is 36.2 Å². The van der Waals surface area contributed by atoms with Gasteiger partial charge in [0, 0.05) is 23.3 Å². The smallest absolute Gasteiger partial charge is 0.324 e. The van der Waals surface area contributed by atoms with Crippen molar-refractivity contribution in [1.82, 2.24) is 20.1 Å². The van der Waals surface area contributed by atoms with Crippen LogP contribution in [-0.2, 0) is 0 Å². The van der Waals surface area contributed by atoms with Crippen LogP contribution in [-0.4, -0.2) is 51.7 Å². The van der Waals surface area contributed by atoms with E-state index in [4.69, 9.17) is 14.0 Å². The minimum atomic E-state index is -0.376. The molecule has 3 aromatic rings. The van der Waals surface area contributed by atoms with Crippen molar-refractivity contribution < 1.29 is 18.4 Å². The number of fused-ring (bicyclic) bond motifs is 2. The number of hydrogen-bond donors (Lipinski definition) is 1. The van der Waals surface area contributed by atoms with Crippen molar-refractivity contribution in [3.8, 4) is 11.6 Å². The molecule has 2 aliphatic rings. The van der Waals surface area contributed by atoms with Gasteiger partial charge in [0.2, 0.25) is 5.75 Å². The number of hydrogen-bond acceptors (Lipinski definition) is 10. The fourth-order valence-electron chi connectivity index (χ4n) is 4.63. The number of anilines is 3. The third-order valence-corrected chi connectivity index (χ3v) is 7.04. The molecule has 1 N–H and O–H groups in total. The van der Waals surface area contributed by atoms with Crippen LogP contribution < -0.4 is 19.7 Å². The van der Waals surface area contributed by atoms with E-state index in [-0.39, 0.29) is 29.9 Å². The number of thioether (sulfide) groups is 1. The first-order valence-corrected chi connectivity index (χ1v) is 12.5. The number of methoxy groups -OCH3 is 1. The number of aromatic nitrogens is 4. The van der Waals surface area contributed by atoms with Crippen molar-refractivity contribution >= 4 is 29.3 Å². The van der Waals surface area contributed by atoms with Crippen molar-refractivity contribution in [2.24, 2.45) is 0 Å². The molecule has 0 spiro atoms. The lowest BCUT2D eigenvalue weighted by Crippen LogP contribution is -2.35. The van der Waals surface area contributed by atoms with Gasteiger partial charge < -0.3 is 24.2 Å². The Morgan fingerprint density at radius 1 is 1.26 bits per heavy atom. The van der Waals surface area contributed by atoms with Gasteiger partial charge in [-0.3, -0.25) is 0 Å². The van der Waals surface area contributed by atoms with Gasteiger partial charge in [0.25, 0.3) is 5.88 Å². The van der Waals surface area contributed by atoms with Gasteiger partial charge in [-0.25, -0.2) is 9.37 Å². The Kier molecular flexibility index (Phi) is 6.20. The second-order valence-electron chi connectivity index (χ2n) is 8.72. The van der Waals surface area contributed by atoms with Crippen LogP contribution in [0.3, 0.4) is 0 Å². The molecule has 1 aromatic carbocycles. The quantitative estimate of drug-likeness (QED) is 0.448. The molecule has 2 unspecified atom stereocenters. The molecular formula is C23H27FN6O3S. The topological polar surface area (TPSA) is 98.4 Å². The summed E-state index contributed by atoms with van der Waals surface area (Å²) in [7, 11) is 1.52. The molecule has 2 bridgehead atoms. The number of nitrogens with one attached hydrogen (secondary N) is 1. The maximum atomic E-state index is 14.5. The Bertz CT molecular complexity index is 1180. The van der Waals surface area contributed by atoms with E-state index in [1.807, 2.05) is 26.2 Å². The van der Waals surface area contributed by atoms with E-state index in [2.05, 4.69) is 30.3 Å². The van der Waals surface area contributed by atoms with Crippen molar-refractivity contribution in [1.29, 1.82) is 0 Å². The van der Waals surface area contributed by atoms with Gasteiger partial charge in [-0.15, -0.1) is 11.8 Å². The lowest BCUT2D eigenvalue weighted by Gasteiger charge is -2.24. The number of benzene rings is 1. The highest BCUT2D eigenvalue weighted by molar-refractivity contribution is 7.98. The van der Waals surface area contributed by atoms with E-state index in [9.17, 15) is 4.39 Å². The summed E-state index contributed by atoms with van der Waals surface area (Å²) in [5, 5.41) is 7.12. The minimum absolute atomic E-state index is 0.0954. The molecule has 2 aromatic heterocycles. The number of halogens is 1. The summed E-state index contributed by atoms with van der Waals surface area (Å²) in [6.07, 6.45) is 5.97. The lowest BCUT2D eigenvalue weighted by atomic mass is 9.98. The average Bonchev–Trinajstić information content (AvgIpc) is 3.55. The van der Waals surface area contributed by atoms with Gasteiger partial charge in [0.15, 0.2) is 11.6 Å². The van der Waals surface area contributed by atoms with Gasteiger partial charge in [0.05, 0.1) is 18.8 Å². The highest BCUT2D eigenvalue weighted by atomic mass is 32.2. The summed E-state index contributed by atoms with van der Waals surface area (Å²) in [5.74, 6) is 1.49. The summed E-state index contributed by atoms with van der Waals surface area (Å²) >= 11 is 1.48. The largest absolute Gasteiger partial charge is 0.489 e. The van der Waals surface area contributed by atoms with Crippen molar-refractivity contribution in [2.75, 3.05) is 23.6 Å². The fraction of sp³-hybridized carbons (Fsp3) is 0.478. The Morgan fingerprint density at radius 3 is 2.82 bits per heavy atom. The highest BCUT2D eigenvalue weighted by Gasteiger charge is 2.50. The molecule has 9 nitrogen and oxygen atoms in total. The summed E-state index contributed by atoms with van der Waals surface area (Å²) in [5.41, 5.74) is 0.296. The molecule has 0 aliphatic carbocycles. The number of rotatable bonds is 8. The molecule has 180 valence electrons. The molecule has 5 rings (SSSR count). The first-order chi connectivity index (χ1) is 16.5. The van der Waals surface area contributed by atoms with E-state index < -0.39 is 0 Å². The Labute approximate surface area is 201 Å². The van der Waals surface area contributed by atoms with Gasteiger partial charge >= 0.3 is 6.01 Å². The SMILES string of the molecule is COc1c(Nc2ccc(SC)cc2F)ncnc1O[C@H]1CC2CCC1N2c1nc(C(C)C)no1. The van der Waals surface area contributed by atoms with Gasteiger partial charge in [-0.1, -0.05) is 19.0 Å². The average molecular weight is 487 g/mol. The zero-order valence-electron chi connectivity index (χ0n) is 19.5. The van der Waals surface area contributed by atoms with Crippen molar-refractivity contribution in [3.63, 3.8) is 0 Å². The first-order valence-electron chi connectivity index (χ1n) is 11.3. The Hall–Kier alpha value is -3.08. The predicted octanol–water partition coefficient (Wildman–Crippen LogP) is 4.78. The molecule has 2 aliphatic heterocycles. The molecule has 3 atom stereocenters. The van der Waals surface area contributed by atoms with Gasteiger partial charge in [0.1, 0.15) is 18.2 Å². The summed E-state index contributed by atoms with van der Waals surface area (Å²) < 4.78 is 32.0. The Balaban J connectivity index is 1.36. The molecule has 4 heterocycles. The third-order valence-electron chi connectivity index (χ3n) is 6.32. The highest BCUT2D eigenvalue weighted by Crippen LogP contribution is 2.44. The molecule has 34 heavy (non-hydrogen) atoms. The summed E-state index contributed by atoms with van der Waals surface area (Å²) in [4.78, 5) is 16.2. The van der Waals surface area contributed by atoms with Crippen LogP contribution in [0.15, 0.2) is 33.9 Å². The maximum Gasteiger partial charge on any atom is 0.324 e. The third kappa shape index (κ3) is 4.13. The lowest BCUT2D eigenvalue weighted by molar-refractivity contribution is 0.158. The fourth-order valence-corrected chi connectivity index (χ4v) is 5.06. The van der Waals surface area contributed by atoms with E-state index in [1.165, 1.54) is 31.3 Å². The first kappa shape index (κ1) is 22.7. The van der Waals surface area contributed by atoms with Crippen LogP contribution in [0.25, 0.3) is 0 Å². The van der Waals surface area contributed by atoms with Gasteiger partial charge in [-0.05, 0) is 37.3 Å². The van der Waals surface area contributed by atoms with E-state index in [0.717, 1.165) is 24.2 Å². The monoisotopic (exact) mass is 486 g/mol.